The predicted octanol–water partition coefficient (Wildman–Crippen LogP) is -0.770. The summed E-state index contributed by atoms with van der Waals surface area (Å²) >= 11 is 0. The van der Waals surface area contributed by atoms with Crippen LogP contribution in [0.5, 0.6) is 0 Å². The van der Waals surface area contributed by atoms with Crippen molar-refractivity contribution in [3.8, 4) is 0 Å². The van der Waals surface area contributed by atoms with Crippen LogP contribution in [0.25, 0.3) is 11.2 Å². The zero-order chi connectivity index (χ0) is 12.7. The fourth-order valence-corrected chi connectivity index (χ4v) is 2.34. The van der Waals surface area contributed by atoms with Gasteiger partial charge in [0.05, 0.1) is 0 Å². The molecule has 0 spiro atoms. The van der Waals surface area contributed by atoms with Crippen molar-refractivity contribution in [2.24, 2.45) is 5.92 Å². The molecule has 0 fully saturated rings. The summed E-state index contributed by atoms with van der Waals surface area (Å²) in [5.74, 6) is 0.258. The lowest BCUT2D eigenvalue weighted by molar-refractivity contribution is -0.689. The van der Waals surface area contributed by atoms with E-state index in [0.29, 0.717) is 11.2 Å². The van der Waals surface area contributed by atoms with Gasteiger partial charge in [0.1, 0.15) is 6.04 Å². The number of aliphatic hydroxyl groups is 1. The van der Waals surface area contributed by atoms with E-state index in [2.05, 4.69) is 15.0 Å². The minimum atomic E-state index is -0.281. The van der Waals surface area contributed by atoms with Gasteiger partial charge in [0.15, 0.2) is 6.33 Å². The van der Waals surface area contributed by atoms with Crippen molar-refractivity contribution < 1.29 is 9.67 Å². The van der Waals surface area contributed by atoms with Crippen LogP contribution in [0.4, 0.5) is 5.95 Å². The van der Waals surface area contributed by atoms with E-state index in [1.54, 1.807) is 6.33 Å². The number of H-pyrrole nitrogens is 2. The van der Waals surface area contributed by atoms with Crippen LogP contribution in [-0.4, -0.2) is 26.7 Å². The summed E-state index contributed by atoms with van der Waals surface area (Å²) in [6.07, 6.45) is 6.49. The highest BCUT2D eigenvalue weighted by molar-refractivity contribution is 5.65. The van der Waals surface area contributed by atoms with Gasteiger partial charge in [0, 0.05) is 12.5 Å². The van der Waals surface area contributed by atoms with Crippen molar-refractivity contribution >= 4 is 17.1 Å². The lowest BCUT2D eigenvalue weighted by atomic mass is 10.1. The summed E-state index contributed by atoms with van der Waals surface area (Å²) in [5, 5.41) is 9.12. The summed E-state index contributed by atoms with van der Waals surface area (Å²) in [7, 11) is 0. The first-order valence-corrected chi connectivity index (χ1v) is 5.76. The number of hydrogen-bond acceptors (Lipinski definition) is 4. The second kappa shape index (κ2) is 3.95. The van der Waals surface area contributed by atoms with Crippen molar-refractivity contribution in [3.63, 3.8) is 0 Å². The largest absolute Gasteiger partial charge is 0.396 e. The highest BCUT2D eigenvalue weighted by Gasteiger charge is 2.26. The predicted molar refractivity (Wildman–Crippen MR) is 64.7 cm³/mol. The number of nitrogens with one attached hydrogen (secondary N) is 2. The van der Waals surface area contributed by atoms with E-state index in [1.807, 2.05) is 16.7 Å². The number of anilines is 1. The molecular weight excluding hydrogens is 234 g/mol. The number of aliphatic hydroxyl groups excluding tert-OH is 1. The number of hydrogen-bond donors (Lipinski definition) is 4. The van der Waals surface area contributed by atoms with Crippen molar-refractivity contribution in [1.29, 1.82) is 0 Å². The molecule has 3 rings (SSSR count). The Morgan fingerprint density at radius 3 is 3.11 bits per heavy atom. The van der Waals surface area contributed by atoms with Crippen molar-refractivity contribution in [2.45, 2.75) is 12.5 Å². The van der Waals surface area contributed by atoms with Crippen molar-refractivity contribution in [1.82, 2.24) is 15.0 Å². The van der Waals surface area contributed by atoms with Crippen LogP contribution in [-0.2, 0) is 0 Å². The highest BCUT2D eigenvalue weighted by Crippen LogP contribution is 2.23. The topological polar surface area (TPSA) is 112 Å². The number of fused-ring (bicyclic) bond motifs is 1. The van der Waals surface area contributed by atoms with Gasteiger partial charge in [-0.1, -0.05) is 17.1 Å². The third kappa shape index (κ3) is 1.60. The van der Waals surface area contributed by atoms with Crippen LogP contribution in [0.2, 0.25) is 0 Å². The maximum Gasteiger partial charge on any atom is 0.311 e. The van der Waals surface area contributed by atoms with Crippen LogP contribution >= 0.6 is 0 Å². The summed E-state index contributed by atoms with van der Waals surface area (Å²) in [6.45, 7) is 0.131. The van der Waals surface area contributed by atoms with Crippen LogP contribution < -0.4 is 15.9 Å². The number of imidazole rings is 1. The number of nitrogens with two attached hydrogens (primary N) is 1. The van der Waals surface area contributed by atoms with Gasteiger partial charge in [-0.15, -0.1) is 0 Å². The molecule has 7 heteroatoms. The van der Waals surface area contributed by atoms with Crippen LogP contribution in [0.1, 0.15) is 12.5 Å². The summed E-state index contributed by atoms with van der Waals surface area (Å²) in [4.78, 5) is 21.2. The number of nitrogens with zero attached hydrogens (tertiary/aromatic N) is 2. The van der Waals surface area contributed by atoms with E-state index >= 15 is 0 Å². The Hall–Kier alpha value is -2.15. The number of aromatic nitrogens is 4. The Balaban J connectivity index is 2.09. The van der Waals surface area contributed by atoms with E-state index in [9.17, 15) is 4.79 Å². The zero-order valence-corrected chi connectivity index (χ0v) is 9.63. The van der Waals surface area contributed by atoms with E-state index < -0.39 is 0 Å². The molecule has 0 saturated carbocycles. The Morgan fingerprint density at radius 2 is 2.39 bits per heavy atom. The monoisotopic (exact) mass is 248 g/mol. The third-order valence-corrected chi connectivity index (χ3v) is 3.25. The Labute approximate surface area is 102 Å². The van der Waals surface area contributed by atoms with Crippen LogP contribution in [0, 0.1) is 5.92 Å². The third-order valence-electron chi connectivity index (χ3n) is 3.25. The zero-order valence-electron chi connectivity index (χ0n) is 9.63. The number of rotatable bonds is 2. The summed E-state index contributed by atoms with van der Waals surface area (Å²) < 4.78 is 1.87. The fraction of sp³-hybridized carbons (Fsp3) is 0.364. The second-order valence-corrected chi connectivity index (χ2v) is 4.46. The van der Waals surface area contributed by atoms with E-state index in [-0.39, 0.29) is 30.1 Å². The standard InChI is InChI=1S/C11H13N5O2/c12-11-14-9-8(10(18)15-11)13-5-16(9)7-2-1-6(3-7)4-17/h1-2,5-7,17H,3-4H2,(H3,12,14,15,18)/p+1/t6-,7-/m1/s1. The first-order chi connectivity index (χ1) is 8.69. The SMILES string of the molecule is Nc1nc2c([nH]c[n+]2[C@@H]2C=C[C@@H](CO)C2)c(=O)[nH]1. The van der Waals surface area contributed by atoms with E-state index in [4.69, 9.17) is 10.8 Å². The molecule has 0 aromatic carbocycles. The second-order valence-electron chi connectivity index (χ2n) is 4.46. The molecule has 1 aliphatic carbocycles. The fourth-order valence-electron chi connectivity index (χ4n) is 2.34. The molecule has 0 bridgehead atoms. The molecular formula is C11H14N5O2+. The first-order valence-electron chi connectivity index (χ1n) is 5.76. The molecule has 94 valence electrons. The molecule has 2 atom stereocenters. The van der Waals surface area contributed by atoms with Crippen LogP contribution in [0.3, 0.4) is 0 Å². The van der Waals surface area contributed by atoms with Gasteiger partial charge in [0.2, 0.25) is 5.52 Å². The van der Waals surface area contributed by atoms with Gasteiger partial charge in [0.25, 0.3) is 11.5 Å². The molecule has 18 heavy (non-hydrogen) atoms. The number of aromatic amines is 2. The molecule has 0 aliphatic heterocycles. The molecule has 0 radical (unpaired) electrons. The van der Waals surface area contributed by atoms with E-state index in [1.165, 1.54) is 0 Å². The van der Waals surface area contributed by atoms with Gasteiger partial charge in [-0.25, -0.2) is 4.57 Å². The molecule has 2 aromatic heterocycles. The minimum Gasteiger partial charge on any atom is -0.396 e. The molecule has 5 N–H and O–H groups in total. The Morgan fingerprint density at radius 1 is 1.56 bits per heavy atom. The minimum absolute atomic E-state index is 0.0876. The van der Waals surface area contributed by atoms with Gasteiger partial charge in [-0.3, -0.25) is 14.8 Å². The number of allylic oxidation sites excluding steroid dienone is 1. The first kappa shape index (κ1) is 11.0. The normalized spacial score (nSPS) is 22.9. The summed E-state index contributed by atoms with van der Waals surface area (Å²) in [6, 6.07) is 0.0876. The van der Waals surface area contributed by atoms with Crippen molar-refractivity contribution in [3.05, 3.63) is 28.8 Å². The smallest absolute Gasteiger partial charge is 0.311 e. The lowest BCUT2D eigenvalue weighted by Crippen LogP contribution is -2.37. The average Bonchev–Trinajstić information content (AvgIpc) is 2.93. The van der Waals surface area contributed by atoms with Gasteiger partial charge in [-0.05, 0) is 6.42 Å². The Kier molecular flexibility index (Phi) is 2.41. The highest BCUT2D eigenvalue weighted by atomic mass is 16.3. The van der Waals surface area contributed by atoms with Gasteiger partial charge >= 0.3 is 5.65 Å². The average molecular weight is 248 g/mol. The maximum absolute atomic E-state index is 11.7. The van der Waals surface area contributed by atoms with Crippen LogP contribution in [0.15, 0.2) is 23.3 Å². The molecule has 0 amide bonds. The van der Waals surface area contributed by atoms with Crippen molar-refractivity contribution in [2.75, 3.05) is 12.3 Å². The van der Waals surface area contributed by atoms with Gasteiger partial charge in [-0.2, -0.15) is 0 Å². The molecule has 7 nitrogen and oxygen atoms in total. The Bertz CT molecular complexity index is 672. The summed E-state index contributed by atoms with van der Waals surface area (Å²) in [5.41, 5.74) is 6.21. The molecule has 0 unspecified atom stereocenters. The number of nitrogen functional groups attached to an aromatic ring is 1. The molecule has 1 aliphatic rings. The lowest BCUT2D eigenvalue weighted by Gasteiger charge is -2.07. The quantitative estimate of drug-likeness (QED) is 0.413. The molecule has 2 heterocycles. The molecule has 0 saturated heterocycles. The molecule has 2 aromatic rings. The van der Waals surface area contributed by atoms with Gasteiger partial charge < -0.3 is 10.8 Å². The van der Waals surface area contributed by atoms with E-state index in [0.717, 1.165) is 6.42 Å². The maximum atomic E-state index is 11.7.